The SMILES string of the molecule is C[C@]1(O)CC[C@@H](Nc2ncc3c(-c4ccc5ncccc5c4)ccn3n2)CC1. The van der Waals surface area contributed by atoms with Crippen LogP contribution >= 0.6 is 0 Å². The molecular weight excluding hydrogens is 350 g/mol. The topological polar surface area (TPSA) is 75.3 Å². The van der Waals surface area contributed by atoms with E-state index in [0.29, 0.717) is 12.0 Å². The Morgan fingerprint density at radius 1 is 1.14 bits per heavy atom. The van der Waals surface area contributed by atoms with Crippen molar-refractivity contribution in [2.75, 3.05) is 5.32 Å². The van der Waals surface area contributed by atoms with Gasteiger partial charge in [0.05, 0.1) is 22.8 Å². The Hall–Kier alpha value is -2.99. The van der Waals surface area contributed by atoms with Crippen LogP contribution in [0.25, 0.3) is 27.5 Å². The van der Waals surface area contributed by atoms with Crippen LogP contribution in [0.1, 0.15) is 32.6 Å². The van der Waals surface area contributed by atoms with Gasteiger partial charge in [0.15, 0.2) is 0 Å². The second-order valence-corrected chi connectivity index (χ2v) is 7.97. The van der Waals surface area contributed by atoms with E-state index >= 15 is 0 Å². The van der Waals surface area contributed by atoms with Crippen molar-refractivity contribution in [1.82, 2.24) is 19.6 Å². The molecule has 1 aliphatic rings. The van der Waals surface area contributed by atoms with Crippen molar-refractivity contribution in [3.8, 4) is 11.1 Å². The minimum absolute atomic E-state index is 0.306. The highest BCUT2D eigenvalue weighted by Crippen LogP contribution is 2.30. The molecule has 0 bridgehead atoms. The summed E-state index contributed by atoms with van der Waals surface area (Å²) in [7, 11) is 0. The molecule has 3 aromatic heterocycles. The van der Waals surface area contributed by atoms with E-state index in [0.717, 1.165) is 53.2 Å². The lowest BCUT2D eigenvalue weighted by Gasteiger charge is -2.33. The number of pyridine rings is 1. The average Bonchev–Trinajstić information content (AvgIpc) is 3.12. The maximum Gasteiger partial charge on any atom is 0.241 e. The molecule has 6 nitrogen and oxygen atoms in total. The molecule has 1 saturated carbocycles. The number of hydrogen-bond acceptors (Lipinski definition) is 5. The lowest BCUT2D eigenvalue weighted by atomic mass is 9.84. The standard InChI is InChI=1S/C22H23N5O/c1-22(28)9-6-17(7-10-22)25-21-24-14-20-18(8-12-27(20)26-21)15-4-5-19-16(13-15)3-2-11-23-19/h2-5,8,11-14,17,28H,6-7,9-10H2,1H3,(H,25,26)/t17-,22+. The van der Waals surface area contributed by atoms with E-state index in [9.17, 15) is 5.11 Å². The van der Waals surface area contributed by atoms with Crippen molar-refractivity contribution in [1.29, 1.82) is 0 Å². The third-order valence-electron chi connectivity index (χ3n) is 5.73. The van der Waals surface area contributed by atoms with Gasteiger partial charge < -0.3 is 10.4 Å². The summed E-state index contributed by atoms with van der Waals surface area (Å²) in [6.45, 7) is 1.91. The second-order valence-electron chi connectivity index (χ2n) is 7.97. The largest absolute Gasteiger partial charge is 0.390 e. The maximum absolute atomic E-state index is 10.1. The van der Waals surface area contributed by atoms with Crippen LogP contribution in [-0.4, -0.2) is 36.3 Å². The quantitative estimate of drug-likeness (QED) is 0.567. The Balaban J connectivity index is 1.41. The molecule has 28 heavy (non-hydrogen) atoms. The van der Waals surface area contributed by atoms with Crippen LogP contribution in [0.3, 0.4) is 0 Å². The molecule has 142 valence electrons. The number of rotatable bonds is 3. The van der Waals surface area contributed by atoms with Crippen molar-refractivity contribution >= 4 is 22.4 Å². The second kappa shape index (κ2) is 6.56. The molecule has 0 aliphatic heterocycles. The number of nitrogens with one attached hydrogen (secondary N) is 1. The predicted molar refractivity (Wildman–Crippen MR) is 110 cm³/mol. The van der Waals surface area contributed by atoms with Gasteiger partial charge >= 0.3 is 0 Å². The number of aromatic nitrogens is 4. The third kappa shape index (κ3) is 3.20. The molecule has 1 aromatic carbocycles. The van der Waals surface area contributed by atoms with E-state index in [1.54, 1.807) is 0 Å². The molecule has 0 unspecified atom stereocenters. The van der Waals surface area contributed by atoms with Crippen molar-refractivity contribution in [2.45, 2.75) is 44.2 Å². The molecule has 1 aliphatic carbocycles. The summed E-state index contributed by atoms with van der Waals surface area (Å²) in [5, 5.41) is 19.3. The number of nitrogens with zero attached hydrogens (tertiary/aromatic N) is 4. The lowest BCUT2D eigenvalue weighted by molar-refractivity contribution is 0.0195. The van der Waals surface area contributed by atoms with Crippen LogP contribution in [0, 0.1) is 0 Å². The normalized spacial score (nSPS) is 22.6. The van der Waals surface area contributed by atoms with Gasteiger partial charge in [-0.2, -0.15) is 0 Å². The van der Waals surface area contributed by atoms with E-state index in [1.807, 2.05) is 42.2 Å². The zero-order valence-corrected chi connectivity index (χ0v) is 15.8. The first kappa shape index (κ1) is 17.1. The van der Waals surface area contributed by atoms with Crippen molar-refractivity contribution in [2.24, 2.45) is 0 Å². The van der Waals surface area contributed by atoms with Crippen molar-refractivity contribution < 1.29 is 5.11 Å². The first-order valence-corrected chi connectivity index (χ1v) is 9.76. The zero-order chi connectivity index (χ0) is 19.1. The van der Waals surface area contributed by atoms with Gasteiger partial charge in [-0.1, -0.05) is 12.1 Å². The molecule has 3 heterocycles. The summed E-state index contributed by atoms with van der Waals surface area (Å²) in [6, 6.07) is 12.7. The average molecular weight is 373 g/mol. The maximum atomic E-state index is 10.1. The highest BCUT2D eigenvalue weighted by atomic mass is 16.3. The molecule has 0 radical (unpaired) electrons. The molecule has 2 N–H and O–H groups in total. The number of benzene rings is 1. The summed E-state index contributed by atoms with van der Waals surface area (Å²) in [6.07, 6.45) is 9.11. The summed E-state index contributed by atoms with van der Waals surface area (Å²) in [5.41, 5.74) is 3.66. The summed E-state index contributed by atoms with van der Waals surface area (Å²) in [4.78, 5) is 8.93. The van der Waals surface area contributed by atoms with Gasteiger partial charge in [-0.25, -0.2) is 9.50 Å². The highest BCUT2D eigenvalue weighted by molar-refractivity contribution is 5.88. The summed E-state index contributed by atoms with van der Waals surface area (Å²) >= 11 is 0. The van der Waals surface area contributed by atoms with Gasteiger partial charge in [0.1, 0.15) is 0 Å². The number of aliphatic hydroxyl groups is 1. The van der Waals surface area contributed by atoms with Crippen LogP contribution in [0.4, 0.5) is 5.95 Å². The van der Waals surface area contributed by atoms with Crippen LogP contribution in [0.2, 0.25) is 0 Å². The van der Waals surface area contributed by atoms with Gasteiger partial charge in [-0.05, 0) is 62.4 Å². The van der Waals surface area contributed by atoms with Crippen LogP contribution < -0.4 is 5.32 Å². The predicted octanol–water partition coefficient (Wildman–Crippen LogP) is 4.05. The molecule has 0 spiro atoms. The fraction of sp³-hybridized carbons (Fsp3) is 0.318. The summed E-state index contributed by atoms with van der Waals surface area (Å²) < 4.78 is 1.87. The Kier molecular flexibility index (Phi) is 4.02. The Morgan fingerprint density at radius 3 is 2.86 bits per heavy atom. The molecule has 1 fully saturated rings. The van der Waals surface area contributed by atoms with Crippen LogP contribution in [0.5, 0.6) is 0 Å². The number of fused-ring (bicyclic) bond motifs is 2. The Labute approximate surface area is 163 Å². The molecule has 6 heteroatoms. The van der Waals surface area contributed by atoms with Gasteiger partial charge in [-0.3, -0.25) is 4.98 Å². The third-order valence-corrected chi connectivity index (χ3v) is 5.73. The molecule has 0 atom stereocenters. The van der Waals surface area contributed by atoms with Crippen molar-refractivity contribution in [3.05, 3.63) is 55.0 Å². The van der Waals surface area contributed by atoms with Crippen LogP contribution in [0.15, 0.2) is 55.0 Å². The van der Waals surface area contributed by atoms with E-state index in [-0.39, 0.29) is 0 Å². The molecule has 5 rings (SSSR count). The fourth-order valence-corrected chi connectivity index (χ4v) is 4.02. The van der Waals surface area contributed by atoms with Crippen molar-refractivity contribution in [3.63, 3.8) is 0 Å². The Bertz CT molecular complexity index is 1140. The first-order valence-electron chi connectivity index (χ1n) is 9.76. The monoisotopic (exact) mass is 373 g/mol. The van der Waals surface area contributed by atoms with E-state index in [1.165, 1.54) is 0 Å². The van der Waals surface area contributed by atoms with E-state index in [2.05, 4.69) is 44.6 Å². The van der Waals surface area contributed by atoms with Gasteiger partial charge in [0, 0.05) is 29.4 Å². The smallest absolute Gasteiger partial charge is 0.241 e. The first-order chi connectivity index (χ1) is 13.6. The minimum Gasteiger partial charge on any atom is -0.390 e. The molecule has 4 aromatic rings. The highest BCUT2D eigenvalue weighted by Gasteiger charge is 2.28. The number of anilines is 1. The minimum atomic E-state index is -0.534. The van der Waals surface area contributed by atoms with E-state index in [4.69, 9.17) is 0 Å². The lowest BCUT2D eigenvalue weighted by Crippen LogP contribution is -2.36. The molecule has 0 saturated heterocycles. The summed E-state index contributed by atoms with van der Waals surface area (Å²) in [5.74, 6) is 0.629. The Morgan fingerprint density at radius 2 is 2.00 bits per heavy atom. The van der Waals surface area contributed by atoms with Crippen LogP contribution in [-0.2, 0) is 0 Å². The molecule has 0 amide bonds. The van der Waals surface area contributed by atoms with E-state index < -0.39 is 5.60 Å². The zero-order valence-electron chi connectivity index (χ0n) is 15.8. The molecular formula is C22H23N5O. The van der Waals surface area contributed by atoms with Gasteiger partial charge in [-0.15, -0.1) is 5.10 Å². The number of hydrogen-bond donors (Lipinski definition) is 2. The fourth-order valence-electron chi connectivity index (χ4n) is 4.02. The van der Waals surface area contributed by atoms with Gasteiger partial charge in [0.2, 0.25) is 5.95 Å². The van der Waals surface area contributed by atoms with Gasteiger partial charge in [0.25, 0.3) is 0 Å².